The highest BCUT2D eigenvalue weighted by Crippen LogP contribution is 2.18. The van der Waals surface area contributed by atoms with E-state index < -0.39 is 6.10 Å². The molecule has 7 nitrogen and oxygen atoms in total. The first-order valence-corrected chi connectivity index (χ1v) is 8.70. The Bertz CT molecular complexity index is 1120. The molecule has 2 aromatic carbocycles. The highest BCUT2D eigenvalue weighted by Gasteiger charge is 2.13. The summed E-state index contributed by atoms with van der Waals surface area (Å²) < 4.78 is 1.60. The number of benzene rings is 2. The number of anilines is 1. The van der Waals surface area contributed by atoms with Crippen LogP contribution in [0.15, 0.2) is 65.6 Å². The summed E-state index contributed by atoms with van der Waals surface area (Å²) in [7, 11) is 0. The van der Waals surface area contributed by atoms with E-state index in [0.717, 1.165) is 5.69 Å². The lowest BCUT2D eigenvalue weighted by Crippen LogP contribution is -2.18. The number of aromatic nitrogens is 4. The first kappa shape index (κ1) is 17.3. The molecule has 2 heterocycles. The van der Waals surface area contributed by atoms with E-state index in [9.17, 15) is 9.90 Å². The molecule has 0 radical (unpaired) electrons. The topological polar surface area (TPSA) is 95.8 Å². The molecule has 0 saturated carbocycles. The van der Waals surface area contributed by atoms with E-state index in [1.54, 1.807) is 28.9 Å². The Morgan fingerprint density at radius 2 is 1.89 bits per heavy atom. The first-order valence-electron chi connectivity index (χ1n) is 8.33. The van der Waals surface area contributed by atoms with Crippen molar-refractivity contribution in [3.63, 3.8) is 0 Å². The molecule has 2 aromatic heterocycles. The minimum atomic E-state index is -0.776. The predicted octanol–water partition coefficient (Wildman–Crippen LogP) is 2.91. The zero-order valence-electron chi connectivity index (χ0n) is 14.1. The van der Waals surface area contributed by atoms with Gasteiger partial charge in [0.15, 0.2) is 5.65 Å². The van der Waals surface area contributed by atoms with Crippen molar-refractivity contribution >= 4 is 28.6 Å². The van der Waals surface area contributed by atoms with E-state index in [-0.39, 0.29) is 18.1 Å². The number of nitrogens with zero attached hydrogens (tertiary/aromatic N) is 3. The summed E-state index contributed by atoms with van der Waals surface area (Å²) in [4.78, 5) is 19.5. The molecule has 0 bridgehead atoms. The number of nitrogens with one attached hydrogen (secondary N) is 2. The maximum absolute atomic E-state index is 12.3. The van der Waals surface area contributed by atoms with Gasteiger partial charge in [-0.25, -0.2) is 4.68 Å². The summed E-state index contributed by atoms with van der Waals surface area (Å²) in [5.74, 6) is 0.262. The normalized spacial score (nSPS) is 12.2. The predicted molar refractivity (Wildman–Crippen MR) is 104 cm³/mol. The van der Waals surface area contributed by atoms with Gasteiger partial charge in [0.25, 0.3) is 5.56 Å². The zero-order chi connectivity index (χ0) is 18.8. The van der Waals surface area contributed by atoms with Crippen molar-refractivity contribution in [2.45, 2.75) is 6.10 Å². The van der Waals surface area contributed by atoms with Gasteiger partial charge >= 0.3 is 0 Å². The van der Waals surface area contributed by atoms with Gasteiger partial charge < -0.3 is 10.4 Å². The number of aliphatic hydroxyl groups excluding tert-OH is 1. The molecule has 3 N–H and O–H groups in total. The minimum absolute atomic E-state index is 0.176. The molecule has 4 rings (SSSR count). The molecule has 0 aliphatic rings. The van der Waals surface area contributed by atoms with Gasteiger partial charge in [0.05, 0.1) is 18.0 Å². The fourth-order valence-electron chi connectivity index (χ4n) is 2.76. The third kappa shape index (κ3) is 3.55. The second-order valence-electron chi connectivity index (χ2n) is 5.99. The number of fused-ring (bicyclic) bond motifs is 1. The lowest BCUT2D eigenvalue weighted by atomic mass is 10.1. The van der Waals surface area contributed by atoms with Crippen LogP contribution < -0.4 is 10.9 Å². The summed E-state index contributed by atoms with van der Waals surface area (Å²) >= 11 is 5.86. The molecular formula is C19H16ClN5O2. The van der Waals surface area contributed by atoms with Crippen LogP contribution in [0.1, 0.15) is 11.7 Å². The molecule has 0 saturated heterocycles. The average Bonchev–Trinajstić information content (AvgIpc) is 3.12. The van der Waals surface area contributed by atoms with Gasteiger partial charge in [-0.2, -0.15) is 10.1 Å². The van der Waals surface area contributed by atoms with Crippen LogP contribution in [0.25, 0.3) is 16.7 Å². The minimum Gasteiger partial charge on any atom is -0.387 e. The molecule has 0 amide bonds. The summed E-state index contributed by atoms with van der Waals surface area (Å²) in [6.45, 7) is 0.176. The zero-order valence-corrected chi connectivity index (χ0v) is 14.9. The van der Waals surface area contributed by atoms with Crippen LogP contribution in [0.2, 0.25) is 5.02 Å². The molecule has 1 unspecified atom stereocenters. The number of H-pyrrole nitrogens is 1. The molecule has 0 fully saturated rings. The van der Waals surface area contributed by atoms with Crippen LogP contribution in [0.3, 0.4) is 0 Å². The molecule has 27 heavy (non-hydrogen) atoms. The molecule has 136 valence electrons. The first-order chi connectivity index (χ1) is 13.1. The van der Waals surface area contributed by atoms with E-state index in [0.29, 0.717) is 21.6 Å². The van der Waals surface area contributed by atoms with E-state index in [1.807, 2.05) is 30.3 Å². The maximum Gasteiger partial charge on any atom is 0.263 e. The van der Waals surface area contributed by atoms with Gasteiger partial charge in [0.2, 0.25) is 5.95 Å². The highest BCUT2D eigenvalue weighted by atomic mass is 35.5. The quantitative estimate of drug-likeness (QED) is 0.494. The third-order valence-electron chi connectivity index (χ3n) is 4.16. The summed E-state index contributed by atoms with van der Waals surface area (Å²) in [6.07, 6.45) is 0.711. The smallest absolute Gasteiger partial charge is 0.263 e. The Hall–Kier alpha value is -3.16. The molecule has 0 aliphatic carbocycles. The fraction of sp³-hybridized carbons (Fsp3) is 0.105. The largest absolute Gasteiger partial charge is 0.387 e. The molecule has 4 aromatic rings. The van der Waals surface area contributed by atoms with Crippen LogP contribution in [0, 0.1) is 0 Å². The molecule has 0 spiro atoms. The van der Waals surface area contributed by atoms with Crippen molar-refractivity contribution in [1.29, 1.82) is 0 Å². The molecule has 8 heteroatoms. The van der Waals surface area contributed by atoms with Gasteiger partial charge in [-0.1, -0.05) is 41.9 Å². The van der Waals surface area contributed by atoms with Gasteiger partial charge in [0, 0.05) is 11.6 Å². The van der Waals surface area contributed by atoms with E-state index in [1.165, 1.54) is 6.20 Å². The Kier molecular flexibility index (Phi) is 4.62. The van der Waals surface area contributed by atoms with Crippen molar-refractivity contribution in [1.82, 2.24) is 19.7 Å². The van der Waals surface area contributed by atoms with E-state index >= 15 is 0 Å². The van der Waals surface area contributed by atoms with Crippen LogP contribution >= 0.6 is 11.6 Å². The fourth-order valence-corrected chi connectivity index (χ4v) is 2.88. The highest BCUT2D eigenvalue weighted by molar-refractivity contribution is 6.30. The van der Waals surface area contributed by atoms with Gasteiger partial charge in [0.1, 0.15) is 5.39 Å². The maximum atomic E-state index is 12.3. The van der Waals surface area contributed by atoms with Gasteiger partial charge in [-0.3, -0.25) is 9.78 Å². The van der Waals surface area contributed by atoms with Gasteiger partial charge in [-0.15, -0.1) is 0 Å². The lowest BCUT2D eigenvalue weighted by Gasteiger charge is -2.12. The number of para-hydroxylation sites is 1. The van der Waals surface area contributed by atoms with Crippen LogP contribution in [-0.4, -0.2) is 31.4 Å². The SMILES string of the molecule is O=c1[nH]c(NCC(O)c2ccc(Cl)cc2)nc2c1cnn2-c1ccccc1. The second kappa shape index (κ2) is 7.22. The van der Waals surface area contributed by atoms with Crippen molar-refractivity contribution in [2.24, 2.45) is 0 Å². The number of hydrogen-bond acceptors (Lipinski definition) is 5. The summed E-state index contributed by atoms with van der Waals surface area (Å²) in [5.41, 5.74) is 1.65. The van der Waals surface area contributed by atoms with Crippen LogP contribution in [-0.2, 0) is 0 Å². The second-order valence-corrected chi connectivity index (χ2v) is 6.43. The summed E-state index contributed by atoms with van der Waals surface area (Å²) in [5, 5.41) is 18.5. The Labute approximate surface area is 159 Å². The van der Waals surface area contributed by atoms with Crippen molar-refractivity contribution < 1.29 is 5.11 Å². The number of rotatable bonds is 5. The van der Waals surface area contributed by atoms with E-state index in [4.69, 9.17) is 11.6 Å². The average molecular weight is 382 g/mol. The molecule has 1 atom stereocenters. The Morgan fingerprint density at radius 3 is 2.63 bits per heavy atom. The van der Waals surface area contributed by atoms with Crippen molar-refractivity contribution in [3.05, 3.63) is 81.7 Å². The standard InChI is InChI=1S/C19H16ClN5O2/c20-13-8-6-12(7-9-13)16(26)11-21-19-23-17-15(18(27)24-19)10-22-25(17)14-4-2-1-3-5-14/h1-10,16,26H,11H2,(H2,21,23,24,27). The van der Waals surface area contributed by atoms with Crippen molar-refractivity contribution in [3.8, 4) is 5.69 Å². The van der Waals surface area contributed by atoms with Crippen LogP contribution in [0.5, 0.6) is 0 Å². The van der Waals surface area contributed by atoms with Crippen LogP contribution in [0.4, 0.5) is 5.95 Å². The number of halogens is 1. The molecular weight excluding hydrogens is 366 g/mol. The Morgan fingerprint density at radius 1 is 1.15 bits per heavy atom. The number of aliphatic hydroxyl groups is 1. The van der Waals surface area contributed by atoms with E-state index in [2.05, 4.69) is 20.4 Å². The van der Waals surface area contributed by atoms with Gasteiger partial charge in [-0.05, 0) is 29.8 Å². The number of hydrogen-bond donors (Lipinski definition) is 3. The Balaban J connectivity index is 1.61. The lowest BCUT2D eigenvalue weighted by molar-refractivity contribution is 0.191. The number of aromatic amines is 1. The molecule has 0 aliphatic heterocycles. The monoisotopic (exact) mass is 381 g/mol. The summed E-state index contributed by atoms with van der Waals surface area (Å²) in [6, 6.07) is 16.4. The third-order valence-corrected chi connectivity index (χ3v) is 4.41. The van der Waals surface area contributed by atoms with Crippen molar-refractivity contribution in [2.75, 3.05) is 11.9 Å².